The summed E-state index contributed by atoms with van der Waals surface area (Å²) < 4.78 is 50.1. The molecule has 0 unspecified atom stereocenters. The Bertz CT molecular complexity index is 409. The molecule has 0 heterocycles. The smallest absolute Gasteiger partial charge is 0.299 e. The Labute approximate surface area is 96.4 Å². The number of ketones is 1. The summed E-state index contributed by atoms with van der Waals surface area (Å²) in [5.41, 5.74) is -1.13. The number of carbonyl (C=O) groups is 1. The van der Waals surface area contributed by atoms with E-state index >= 15 is 0 Å². The van der Waals surface area contributed by atoms with Crippen LogP contribution in [0.25, 0.3) is 0 Å². The molecule has 94 valence electrons. The quantitative estimate of drug-likeness (QED) is 0.741. The molecule has 1 rings (SSSR count). The summed E-state index contributed by atoms with van der Waals surface area (Å²) in [6.07, 6.45) is -3.85. The van der Waals surface area contributed by atoms with Crippen molar-refractivity contribution in [2.24, 2.45) is 0 Å². The van der Waals surface area contributed by atoms with Crippen molar-refractivity contribution in [3.63, 3.8) is 0 Å². The first-order chi connectivity index (χ1) is 7.84. The van der Waals surface area contributed by atoms with E-state index in [4.69, 9.17) is 0 Å². The first kappa shape index (κ1) is 13.7. The molecule has 1 nitrogen and oxygen atoms in total. The summed E-state index contributed by atoms with van der Waals surface area (Å²) >= 11 is 0. The number of hydrogen-bond donors (Lipinski definition) is 0. The van der Waals surface area contributed by atoms with Crippen LogP contribution in [0.1, 0.15) is 30.9 Å². The standard InChI is InChI=1S/C12H12F4O/c1-2-3-9(17)6-8-4-5-11(13)10(7-8)12(14,15)16/h4-5,7H,2-3,6H2,1H3. The molecule has 0 amide bonds. The molecule has 1 aromatic carbocycles. The zero-order valence-corrected chi connectivity index (χ0v) is 9.27. The minimum Gasteiger partial charge on any atom is -0.299 e. The monoisotopic (exact) mass is 248 g/mol. The fraction of sp³-hybridized carbons (Fsp3) is 0.417. The summed E-state index contributed by atoms with van der Waals surface area (Å²) in [7, 11) is 0. The Balaban J connectivity index is 2.93. The van der Waals surface area contributed by atoms with Gasteiger partial charge in [-0.15, -0.1) is 0 Å². The Hall–Kier alpha value is -1.39. The number of halogens is 4. The lowest BCUT2D eigenvalue weighted by Gasteiger charge is -2.09. The molecule has 1 aromatic rings. The van der Waals surface area contributed by atoms with Crippen LogP contribution < -0.4 is 0 Å². The van der Waals surface area contributed by atoms with E-state index in [1.54, 1.807) is 0 Å². The molecule has 5 heteroatoms. The van der Waals surface area contributed by atoms with Crippen LogP contribution in [0.4, 0.5) is 17.6 Å². The average Bonchev–Trinajstić information content (AvgIpc) is 2.19. The van der Waals surface area contributed by atoms with Gasteiger partial charge < -0.3 is 0 Å². The Kier molecular flexibility index (Phi) is 4.26. The molecule has 0 spiro atoms. The fourth-order valence-electron chi connectivity index (χ4n) is 1.49. The molecule has 0 aliphatic rings. The summed E-state index contributed by atoms with van der Waals surface area (Å²) in [4.78, 5) is 11.3. The molecule has 0 fully saturated rings. The molecule has 17 heavy (non-hydrogen) atoms. The van der Waals surface area contributed by atoms with Gasteiger partial charge in [0, 0.05) is 12.8 Å². The van der Waals surface area contributed by atoms with E-state index in [1.807, 2.05) is 6.92 Å². The second-order valence-electron chi connectivity index (χ2n) is 3.78. The second kappa shape index (κ2) is 5.29. The van der Waals surface area contributed by atoms with E-state index in [2.05, 4.69) is 0 Å². The normalized spacial score (nSPS) is 11.6. The lowest BCUT2D eigenvalue weighted by Crippen LogP contribution is -2.10. The van der Waals surface area contributed by atoms with Crippen LogP contribution in [0.5, 0.6) is 0 Å². The van der Waals surface area contributed by atoms with Gasteiger partial charge in [0.15, 0.2) is 0 Å². The van der Waals surface area contributed by atoms with Gasteiger partial charge in [0.2, 0.25) is 0 Å². The van der Waals surface area contributed by atoms with Crippen molar-refractivity contribution in [2.45, 2.75) is 32.4 Å². The highest BCUT2D eigenvalue weighted by Gasteiger charge is 2.34. The number of benzene rings is 1. The number of alkyl halides is 3. The summed E-state index contributed by atoms with van der Waals surface area (Å²) in [5.74, 6) is -1.46. The first-order valence-electron chi connectivity index (χ1n) is 5.22. The van der Waals surface area contributed by atoms with E-state index in [-0.39, 0.29) is 17.8 Å². The fourth-order valence-corrected chi connectivity index (χ4v) is 1.49. The van der Waals surface area contributed by atoms with Crippen molar-refractivity contribution < 1.29 is 22.4 Å². The molecular formula is C12H12F4O. The topological polar surface area (TPSA) is 17.1 Å². The first-order valence-corrected chi connectivity index (χ1v) is 5.22. The number of carbonyl (C=O) groups excluding carboxylic acids is 1. The van der Waals surface area contributed by atoms with E-state index in [0.717, 1.165) is 6.07 Å². The highest BCUT2D eigenvalue weighted by atomic mass is 19.4. The van der Waals surface area contributed by atoms with Gasteiger partial charge in [-0.05, 0) is 24.1 Å². The van der Waals surface area contributed by atoms with Crippen molar-refractivity contribution in [3.8, 4) is 0 Å². The maximum absolute atomic E-state index is 12.9. The van der Waals surface area contributed by atoms with Crippen molar-refractivity contribution in [3.05, 3.63) is 35.1 Å². The van der Waals surface area contributed by atoms with Crippen LogP contribution in [0.15, 0.2) is 18.2 Å². The molecule has 0 bridgehead atoms. The molecule has 0 aliphatic carbocycles. The molecule has 0 saturated carbocycles. The predicted octanol–water partition coefficient (Wildman–Crippen LogP) is 3.76. The Morgan fingerprint density at radius 3 is 2.47 bits per heavy atom. The van der Waals surface area contributed by atoms with Crippen molar-refractivity contribution in [1.29, 1.82) is 0 Å². The van der Waals surface area contributed by atoms with E-state index in [9.17, 15) is 22.4 Å². The SMILES string of the molecule is CCCC(=O)Cc1ccc(F)c(C(F)(F)F)c1. The molecule has 0 aromatic heterocycles. The molecular weight excluding hydrogens is 236 g/mol. The Morgan fingerprint density at radius 1 is 1.29 bits per heavy atom. The van der Waals surface area contributed by atoms with Gasteiger partial charge in [0.05, 0.1) is 5.56 Å². The second-order valence-corrected chi connectivity index (χ2v) is 3.78. The average molecular weight is 248 g/mol. The highest BCUT2D eigenvalue weighted by Crippen LogP contribution is 2.32. The summed E-state index contributed by atoms with van der Waals surface area (Å²) in [6, 6.07) is 2.65. The van der Waals surface area contributed by atoms with Crippen LogP contribution in [0, 0.1) is 5.82 Å². The minimum atomic E-state index is -4.73. The molecule has 0 atom stereocenters. The predicted molar refractivity (Wildman–Crippen MR) is 55.0 cm³/mol. The van der Waals surface area contributed by atoms with Crippen molar-refractivity contribution in [2.75, 3.05) is 0 Å². The van der Waals surface area contributed by atoms with Crippen LogP contribution in [0.2, 0.25) is 0 Å². The van der Waals surface area contributed by atoms with Crippen LogP contribution in [-0.2, 0) is 17.4 Å². The van der Waals surface area contributed by atoms with Crippen molar-refractivity contribution >= 4 is 5.78 Å². The zero-order chi connectivity index (χ0) is 13.1. The zero-order valence-electron chi connectivity index (χ0n) is 9.27. The third-order valence-electron chi connectivity index (χ3n) is 2.27. The maximum Gasteiger partial charge on any atom is 0.419 e. The number of Topliss-reactive ketones (excluding diaryl/α,β-unsaturated/α-hetero) is 1. The minimum absolute atomic E-state index is 0.0861. The van der Waals surface area contributed by atoms with E-state index < -0.39 is 17.6 Å². The van der Waals surface area contributed by atoms with Crippen LogP contribution in [-0.4, -0.2) is 5.78 Å². The van der Waals surface area contributed by atoms with Crippen LogP contribution in [0.3, 0.4) is 0 Å². The summed E-state index contributed by atoms with van der Waals surface area (Å²) in [6.45, 7) is 1.81. The van der Waals surface area contributed by atoms with Gasteiger partial charge in [-0.2, -0.15) is 13.2 Å². The van der Waals surface area contributed by atoms with E-state index in [0.29, 0.717) is 18.9 Å². The highest BCUT2D eigenvalue weighted by molar-refractivity contribution is 5.80. The largest absolute Gasteiger partial charge is 0.419 e. The molecule has 0 aliphatic heterocycles. The lowest BCUT2D eigenvalue weighted by atomic mass is 10.0. The molecule has 0 saturated heterocycles. The number of hydrogen-bond acceptors (Lipinski definition) is 1. The van der Waals surface area contributed by atoms with E-state index in [1.165, 1.54) is 6.07 Å². The molecule has 0 radical (unpaired) electrons. The molecule has 0 N–H and O–H groups in total. The van der Waals surface area contributed by atoms with Gasteiger partial charge in [0.25, 0.3) is 0 Å². The number of rotatable bonds is 4. The van der Waals surface area contributed by atoms with Crippen molar-refractivity contribution in [1.82, 2.24) is 0 Å². The van der Waals surface area contributed by atoms with Gasteiger partial charge in [-0.25, -0.2) is 4.39 Å². The van der Waals surface area contributed by atoms with Gasteiger partial charge in [0.1, 0.15) is 11.6 Å². The third-order valence-corrected chi connectivity index (χ3v) is 2.27. The maximum atomic E-state index is 12.9. The van der Waals surface area contributed by atoms with Gasteiger partial charge in [-0.1, -0.05) is 13.0 Å². The van der Waals surface area contributed by atoms with Crippen LogP contribution >= 0.6 is 0 Å². The van der Waals surface area contributed by atoms with Gasteiger partial charge >= 0.3 is 6.18 Å². The van der Waals surface area contributed by atoms with Gasteiger partial charge in [-0.3, -0.25) is 4.79 Å². The Morgan fingerprint density at radius 2 is 1.94 bits per heavy atom. The third kappa shape index (κ3) is 3.84. The summed E-state index contributed by atoms with van der Waals surface area (Å²) in [5, 5.41) is 0. The lowest BCUT2D eigenvalue weighted by molar-refractivity contribution is -0.140.